The van der Waals surface area contributed by atoms with Gasteiger partial charge in [-0.3, -0.25) is 9.59 Å². The third-order valence-corrected chi connectivity index (χ3v) is 2.75. The van der Waals surface area contributed by atoms with E-state index in [4.69, 9.17) is 5.26 Å². The molecule has 0 aromatic heterocycles. The summed E-state index contributed by atoms with van der Waals surface area (Å²) >= 11 is 0. The van der Waals surface area contributed by atoms with Gasteiger partial charge in [0, 0.05) is 11.3 Å². The van der Waals surface area contributed by atoms with Crippen LogP contribution in [-0.4, -0.2) is 18.0 Å². The average Bonchev–Trinajstić information content (AvgIpc) is 2.57. The molecule has 0 bridgehead atoms. The summed E-state index contributed by atoms with van der Waals surface area (Å²) in [6.45, 7) is 0. The third kappa shape index (κ3) is 4.47. The van der Waals surface area contributed by atoms with Gasteiger partial charge >= 0.3 is 11.8 Å². The van der Waals surface area contributed by atoms with Crippen LogP contribution in [-0.2, 0) is 9.59 Å². The van der Waals surface area contributed by atoms with Gasteiger partial charge in [0.05, 0.1) is 17.8 Å². The third-order valence-electron chi connectivity index (χ3n) is 2.75. The average molecular weight is 310 g/mol. The Morgan fingerprint density at radius 2 is 1.78 bits per heavy atom. The van der Waals surface area contributed by atoms with E-state index >= 15 is 0 Å². The number of nitriles is 1. The van der Waals surface area contributed by atoms with Crippen LogP contribution in [0.5, 0.6) is 0 Å². The summed E-state index contributed by atoms with van der Waals surface area (Å²) in [7, 11) is 0. The minimum absolute atomic E-state index is 0.181. The summed E-state index contributed by atoms with van der Waals surface area (Å²) in [5.74, 6) is -2.42. The lowest BCUT2D eigenvalue weighted by atomic mass is 10.2. The molecule has 0 saturated carbocycles. The molecule has 0 aliphatic carbocycles. The van der Waals surface area contributed by atoms with Crippen molar-refractivity contribution in [3.8, 4) is 6.07 Å². The van der Waals surface area contributed by atoms with Crippen molar-refractivity contribution in [1.82, 2.24) is 5.43 Å². The molecular formula is C16H11FN4O2. The van der Waals surface area contributed by atoms with E-state index in [0.717, 1.165) is 6.21 Å². The second-order valence-electron chi connectivity index (χ2n) is 4.36. The van der Waals surface area contributed by atoms with Crippen molar-refractivity contribution in [1.29, 1.82) is 5.26 Å². The van der Waals surface area contributed by atoms with Gasteiger partial charge in [0.1, 0.15) is 5.82 Å². The SMILES string of the molecule is N#Cc1ccc(NC(=O)C(=O)N/N=C/c2ccccc2F)cc1. The Hall–Kier alpha value is -3.53. The van der Waals surface area contributed by atoms with Crippen molar-refractivity contribution in [3.05, 3.63) is 65.5 Å². The number of hydrogen-bond donors (Lipinski definition) is 2. The number of rotatable bonds is 3. The maximum atomic E-state index is 13.3. The standard InChI is InChI=1S/C16H11FN4O2/c17-14-4-2-1-3-12(14)10-19-21-16(23)15(22)20-13-7-5-11(9-18)6-8-13/h1-8,10H,(H,20,22)(H,21,23)/b19-10+. The molecule has 2 N–H and O–H groups in total. The molecule has 2 rings (SSSR count). The van der Waals surface area contributed by atoms with Crippen LogP contribution in [0.1, 0.15) is 11.1 Å². The number of hydrazone groups is 1. The first-order valence-corrected chi connectivity index (χ1v) is 6.49. The van der Waals surface area contributed by atoms with Crippen molar-refractivity contribution in [3.63, 3.8) is 0 Å². The zero-order valence-electron chi connectivity index (χ0n) is 11.8. The normalized spacial score (nSPS) is 10.1. The number of benzene rings is 2. The number of nitrogens with zero attached hydrogens (tertiary/aromatic N) is 2. The first-order chi connectivity index (χ1) is 11.1. The van der Waals surface area contributed by atoms with E-state index < -0.39 is 17.6 Å². The van der Waals surface area contributed by atoms with Crippen molar-refractivity contribution in [2.75, 3.05) is 5.32 Å². The lowest BCUT2D eigenvalue weighted by Gasteiger charge is -2.03. The van der Waals surface area contributed by atoms with Crippen LogP contribution in [0.3, 0.4) is 0 Å². The fourth-order valence-electron chi connectivity index (χ4n) is 1.61. The molecule has 6 nitrogen and oxygen atoms in total. The number of carbonyl (C=O) groups excluding carboxylic acids is 2. The van der Waals surface area contributed by atoms with Crippen LogP contribution >= 0.6 is 0 Å². The molecule has 0 atom stereocenters. The topological polar surface area (TPSA) is 94.4 Å². The molecule has 0 radical (unpaired) electrons. The number of carbonyl (C=O) groups is 2. The molecule has 0 heterocycles. The summed E-state index contributed by atoms with van der Waals surface area (Å²) in [6.07, 6.45) is 1.10. The summed E-state index contributed by atoms with van der Waals surface area (Å²) in [4.78, 5) is 23.2. The zero-order valence-corrected chi connectivity index (χ0v) is 11.8. The number of halogens is 1. The quantitative estimate of drug-likeness (QED) is 0.514. The second-order valence-corrected chi connectivity index (χ2v) is 4.36. The predicted octanol–water partition coefficient (Wildman–Crippen LogP) is 1.79. The van der Waals surface area contributed by atoms with Gasteiger partial charge in [-0.2, -0.15) is 10.4 Å². The maximum Gasteiger partial charge on any atom is 0.329 e. The smallest absolute Gasteiger partial charge is 0.318 e. The van der Waals surface area contributed by atoms with E-state index in [9.17, 15) is 14.0 Å². The minimum atomic E-state index is -0.998. The Bertz CT molecular complexity index is 794. The molecule has 2 aromatic carbocycles. The van der Waals surface area contributed by atoms with E-state index in [-0.39, 0.29) is 5.56 Å². The molecule has 23 heavy (non-hydrogen) atoms. The van der Waals surface area contributed by atoms with E-state index in [0.29, 0.717) is 11.3 Å². The Balaban J connectivity index is 1.91. The number of nitrogens with one attached hydrogen (secondary N) is 2. The molecule has 0 unspecified atom stereocenters. The van der Waals surface area contributed by atoms with Gasteiger partial charge in [-0.25, -0.2) is 9.82 Å². The fraction of sp³-hybridized carbons (Fsp3) is 0. The number of anilines is 1. The maximum absolute atomic E-state index is 13.3. The van der Waals surface area contributed by atoms with Gasteiger partial charge in [0.25, 0.3) is 0 Å². The molecule has 0 aliphatic heterocycles. The van der Waals surface area contributed by atoms with Crippen molar-refractivity contribution < 1.29 is 14.0 Å². The Kier molecular flexibility index (Phi) is 5.15. The fourth-order valence-corrected chi connectivity index (χ4v) is 1.61. The zero-order chi connectivity index (χ0) is 16.7. The Labute approximate surface area is 131 Å². The van der Waals surface area contributed by atoms with Crippen LogP contribution in [0, 0.1) is 17.1 Å². The van der Waals surface area contributed by atoms with Gasteiger partial charge in [-0.1, -0.05) is 18.2 Å². The highest BCUT2D eigenvalue weighted by Crippen LogP contribution is 2.08. The highest BCUT2D eigenvalue weighted by Gasteiger charge is 2.12. The van der Waals surface area contributed by atoms with E-state index in [1.807, 2.05) is 11.5 Å². The van der Waals surface area contributed by atoms with Crippen LogP contribution in [0.2, 0.25) is 0 Å². The Morgan fingerprint density at radius 1 is 1.09 bits per heavy atom. The molecule has 0 aliphatic rings. The predicted molar refractivity (Wildman–Crippen MR) is 81.9 cm³/mol. The lowest BCUT2D eigenvalue weighted by molar-refractivity contribution is -0.136. The summed E-state index contributed by atoms with van der Waals surface area (Å²) in [5.41, 5.74) is 2.98. The van der Waals surface area contributed by atoms with Gasteiger partial charge in [0.15, 0.2) is 0 Å². The molecule has 2 aromatic rings. The highest BCUT2D eigenvalue weighted by atomic mass is 19.1. The first-order valence-electron chi connectivity index (χ1n) is 6.49. The van der Waals surface area contributed by atoms with E-state index in [2.05, 4.69) is 10.4 Å². The van der Waals surface area contributed by atoms with Crippen LogP contribution in [0.4, 0.5) is 10.1 Å². The van der Waals surface area contributed by atoms with Gasteiger partial charge in [-0.05, 0) is 30.3 Å². The summed E-state index contributed by atoms with van der Waals surface area (Å²) in [6, 6.07) is 13.8. The van der Waals surface area contributed by atoms with E-state index in [1.54, 1.807) is 6.07 Å². The lowest BCUT2D eigenvalue weighted by Crippen LogP contribution is -2.32. The van der Waals surface area contributed by atoms with Crippen molar-refractivity contribution in [2.24, 2.45) is 5.10 Å². The molecule has 0 saturated heterocycles. The van der Waals surface area contributed by atoms with Crippen molar-refractivity contribution >= 4 is 23.7 Å². The van der Waals surface area contributed by atoms with Crippen LogP contribution in [0.25, 0.3) is 0 Å². The molecule has 7 heteroatoms. The second kappa shape index (κ2) is 7.47. The van der Waals surface area contributed by atoms with Crippen LogP contribution in [0.15, 0.2) is 53.6 Å². The van der Waals surface area contributed by atoms with Crippen LogP contribution < -0.4 is 10.7 Å². The number of amides is 2. The molecule has 0 fully saturated rings. The van der Waals surface area contributed by atoms with Gasteiger partial charge < -0.3 is 5.32 Å². The van der Waals surface area contributed by atoms with Gasteiger partial charge in [0.2, 0.25) is 0 Å². The number of hydrogen-bond acceptors (Lipinski definition) is 4. The monoisotopic (exact) mass is 310 g/mol. The van der Waals surface area contributed by atoms with Crippen molar-refractivity contribution in [2.45, 2.75) is 0 Å². The van der Waals surface area contributed by atoms with Gasteiger partial charge in [-0.15, -0.1) is 0 Å². The molecule has 114 valence electrons. The molecule has 2 amide bonds. The molecular weight excluding hydrogens is 299 g/mol. The Morgan fingerprint density at radius 3 is 2.43 bits per heavy atom. The molecule has 0 spiro atoms. The highest BCUT2D eigenvalue weighted by molar-refractivity contribution is 6.39. The largest absolute Gasteiger partial charge is 0.329 e. The summed E-state index contributed by atoms with van der Waals surface area (Å²) < 4.78 is 13.3. The summed E-state index contributed by atoms with van der Waals surface area (Å²) in [5, 5.41) is 14.5. The first kappa shape index (κ1) is 15.9. The van der Waals surface area contributed by atoms with E-state index in [1.165, 1.54) is 42.5 Å². The minimum Gasteiger partial charge on any atom is -0.318 e.